The van der Waals surface area contributed by atoms with Crippen LogP contribution >= 0.6 is 22.7 Å². The van der Waals surface area contributed by atoms with Gasteiger partial charge in [0.1, 0.15) is 27.9 Å². The predicted molar refractivity (Wildman–Crippen MR) is 142 cm³/mol. The first-order valence-corrected chi connectivity index (χ1v) is 13.5. The topological polar surface area (TPSA) is 137 Å². The van der Waals surface area contributed by atoms with Gasteiger partial charge in [0.2, 0.25) is 5.76 Å². The molecule has 1 aliphatic heterocycles. The first kappa shape index (κ1) is 25.8. The molecule has 10 nitrogen and oxygen atoms in total. The van der Waals surface area contributed by atoms with Gasteiger partial charge in [0.05, 0.1) is 0 Å². The normalized spacial score (nSPS) is 15.4. The number of thiazole rings is 2. The summed E-state index contributed by atoms with van der Waals surface area (Å²) >= 11 is 2.53. The molecule has 0 aliphatic carbocycles. The number of anilines is 1. The number of amides is 1. The van der Waals surface area contributed by atoms with E-state index in [-0.39, 0.29) is 5.76 Å². The third-order valence-electron chi connectivity index (χ3n) is 6.42. The first-order valence-electron chi connectivity index (χ1n) is 11.9. The Kier molecular flexibility index (Phi) is 7.16. The fraction of sp³-hybridized carbons (Fsp3) is 0.346. The largest absolute Gasteiger partial charge is 0.481 e. The number of carbonyl (C=O) groups excluding carboxylic acids is 1. The maximum Gasteiger partial charge on any atom is 0.412 e. The summed E-state index contributed by atoms with van der Waals surface area (Å²) in [6, 6.07) is 7.69. The number of fused-ring (bicyclic) bond motifs is 1. The highest BCUT2D eigenvalue weighted by Gasteiger charge is 2.45. The Morgan fingerprint density at radius 1 is 1.13 bits per heavy atom. The van der Waals surface area contributed by atoms with Crippen LogP contribution in [0.4, 0.5) is 10.5 Å². The van der Waals surface area contributed by atoms with Gasteiger partial charge in [-0.15, -0.1) is 0 Å². The van der Waals surface area contributed by atoms with Crippen molar-refractivity contribution in [3.63, 3.8) is 0 Å². The number of nitrogens with one attached hydrogen (secondary N) is 1. The van der Waals surface area contributed by atoms with Crippen molar-refractivity contribution < 1.29 is 28.7 Å². The molecule has 1 atom stereocenters. The second kappa shape index (κ2) is 10.5. The Hall–Kier alpha value is -3.79. The van der Waals surface area contributed by atoms with Crippen molar-refractivity contribution in [2.75, 3.05) is 18.5 Å². The van der Waals surface area contributed by atoms with Crippen LogP contribution < -0.4 is 5.32 Å². The van der Waals surface area contributed by atoms with E-state index in [4.69, 9.17) is 14.0 Å². The number of hydrogen-bond donors (Lipinski definition) is 2. The summed E-state index contributed by atoms with van der Waals surface area (Å²) in [4.78, 5) is 35.0. The molecule has 0 spiro atoms. The predicted octanol–water partition coefficient (Wildman–Crippen LogP) is 5.20. The Morgan fingerprint density at radius 2 is 1.87 bits per heavy atom. The van der Waals surface area contributed by atoms with E-state index in [0.717, 1.165) is 11.1 Å². The molecule has 1 fully saturated rings. The van der Waals surface area contributed by atoms with E-state index < -0.39 is 23.6 Å². The van der Waals surface area contributed by atoms with Crippen LogP contribution in [0.5, 0.6) is 0 Å². The number of ether oxygens (including phenoxy) is 2. The highest BCUT2D eigenvalue weighted by atomic mass is 32.1. The molecular formula is C26H24N4O6S2. The third kappa shape index (κ3) is 5.00. The zero-order valence-electron chi connectivity index (χ0n) is 20.9. The minimum atomic E-state index is -1.04. The van der Waals surface area contributed by atoms with Crippen molar-refractivity contribution in [1.29, 1.82) is 0 Å². The average Bonchev–Trinajstić information content (AvgIpc) is 3.57. The van der Waals surface area contributed by atoms with Crippen LogP contribution in [-0.4, -0.2) is 45.5 Å². The van der Waals surface area contributed by atoms with Gasteiger partial charge in [-0.25, -0.2) is 14.8 Å². The highest BCUT2D eigenvalue weighted by Crippen LogP contribution is 2.40. The van der Waals surface area contributed by atoms with Gasteiger partial charge in [-0.05, 0) is 56.6 Å². The van der Waals surface area contributed by atoms with Gasteiger partial charge in [0.25, 0.3) is 0 Å². The van der Waals surface area contributed by atoms with Crippen LogP contribution in [0.25, 0.3) is 9.66 Å². The number of carboxylic acids is 1. The van der Waals surface area contributed by atoms with Crippen molar-refractivity contribution >= 4 is 50.1 Å². The number of aryl methyl sites for hydroxylation is 2. The van der Waals surface area contributed by atoms with E-state index in [1.165, 1.54) is 22.7 Å². The minimum absolute atomic E-state index is 0.169. The second-order valence-electron chi connectivity index (χ2n) is 8.90. The Balaban J connectivity index is 1.32. The molecule has 1 aliphatic rings. The van der Waals surface area contributed by atoms with Crippen molar-refractivity contribution in [3.05, 3.63) is 56.9 Å². The van der Waals surface area contributed by atoms with Crippen LogP contribution in [0.2, 0.25) is 0 Å². The summed E-state index contributed by atoms with van der Waals surface area (Å²) in [5.74, 6) is 5.07. The number of aliphatic carboxylic acids is 1. The summed E-state index contributed by atoms with van der Waals surface area (Å²) in [6.45, 7) is 6.22. The third-order valence-corrected chi connectivity index (χ3v) is 8.57. The van der Waals surface area contributed by atoms with Gasteiger partial charge in [0, 0.05) is 13.2 Å². The lowest BCUT2D eigenvalue weighted by Crippen LogP contribution is -2.41. The summed E-state index contributed by atoms with van der Waals surface area (Å²) in [7, 11) is 0. The Bertz CT molecular complexity index is 1540. The van der Waals surface area contributed by atoms with Crippen LogP contribution in [-0.2, 0) is 19.7 Å². The molecule has 38 heavy (non-hydrogen) atoms. The van der Waals surface area contributed by atoms with E-state index in [1.807, 2.05) is 31.2 Å². The summed E-state index contributed by atoms with van der Waals surface area (Å²) in [5, 5.41) is 17.5. The highest BCUT2D eigenvalue weighted by molar-refractivity contribution is 7.26. The molecule has 1 unspecified atom stereocenters. The Labute approximate surface area is 226 Å². The molecule has 4 heterocycles. The number of nitrogens with zero attached hydrogens (tertiary/aromatic N) is 3. The van der Waals surface area contributed by atoms with E-state index in [9.17, 15) is 14.7 Å². The smallest absolute Gasteiger partial charge is 0.412 e. The minimum Gasteiger partial charge on any atom is -0.481 e. The molecule has 0 bridgehead atoms. The number of benzene rings is 1. The van der Waals surface area contributed by atoms with Gasteiger partial charge >= 0.3 is 12.1 Å². The van der Waals surface area contributed by atoms with Crippen molar-refractivity contribution in [2.24, 2.45) is 0 Å². The van der Waals surface area contributed by atoms with E-state index in [2.05, 4.69) is 32.3 Å². The van der Waals surface area contributed by atoms with Crippen molar-refractivity contribution in [3.8, 4) is 11.8 Å². The number of hydrogen-bond acceptors (Lipinski definition) is 10. The van der Waals surface area contributed by atoms with Gasteiger partial charge in [0.15, 0.2) is 14.7 Å². The number of aromatic nitrogens is 3. The summed E-state index contributed by atoms with van der Waals surface area (Å²) < 4.78 is 16.2. The molecule has 196 valence electrons. The molecule has 4 aromatic rings. The van der Waals surface area contributed by atoms with Gasteiger partial charge in [-0.3, -0.25) is 10.1 Å². The molecule has 1 amide bonds. The molecule has 1 aromatic carbocycles. The molecular weight excluding hydrogens is 528 g/mol. The molecule has 12 heteroatoms. The monoisotopic (exact) mass is 552 g/mol. The van der Waals surface area contributed by atoms with E-state index in [1.54, 1.807) is 13.8 Å². The first-order chi connectivity index (χ1) is 18.3. The van der Waals surface area contributed by atoms with E-state index >= 15 is 0 Å². The lowest BCUT2D eigenvalue weighted by atomic mass is 9.81. The number of rotatable bonds is 5. The maximum absolute atomic E-state index is 12.6. The lowest BCUT2D eigenvalue weighted by molar-refractivity contribution is -0.147. The van der Waals surface area contributed by atoms with Crippen LogP contribution in [0.3, 0.4) is 0 Å². The molecule has 5 rings (SSSR count). The second-order valence-corrected chi connectivity index (χ2v) is 10.9. The molecule has 0 radical (unpaired) electrons. The Morgan fingerprint density at radius 3 is 2.58 bits per heavy atom. The van der Waals surface area contributed by atoms with Crippen LogP contribution in [0.1, 0.15) is 58.5 Å². The van der Waals surface area contributed by atoms with E-state index in [0.29, 0.717) is 57.1 Å². The number of carbonyl (C=O) groups is 2. The molecule has 1 saturated heterocycles. The van der Waals surface area contributed by atoms with Crippen LogP contribution in [0.15, 0.2) is 28.8 Å². The lowest BCUT2D eigenvalue weighted by Gasteiger charge is -2.30. The molecule has 3 aromatic heterocycles. The number of carboxylic acid groups (broad SMARTS) is 1. The fourth-order valence-corrected chi connectivity index (χ4v) is 6.38. The van der Waals surface area contributed by atoms with Crippen molar-refractivity contribution in [1.82, 2.24) is 15.1 Å². The summed E-state index contributed by atoms with van der Waals surface area (Å²) in [6.07, 6.45) is -0.347. The van der Waals surface area contributed by atoms with Crippen LogP contribution in [0, 0.1) is 25.7 Å². The zero-order valence-corrected chi connectivity index (χ0v) is 22.5. The van der Waals surface area contributed by atoms with Gasteiger partial charge in [-0.2, -0.15) is 0 Å². The van der Waals surface area contributed by atoms with Crippen molar-refractivity contribution in [2.45, 2.75) is 45.1 Å². The quantitative estimate of drug-likeness (QED) is 0.320. The maximum atomic E-state index is 12.6. The van der Waals surface area contributed by atoms with Gasteiger partial charge < -0.3 is 19.1 Å². The SMILES string of the molecule is Cc1ccccc1C(C)OC(=O)Nc1c(C)noc1C#Cc1nc2sc(C3(C(=O)O)CCOCC3)nc2s1. The average molecular weight is 553 g/mol. The van der Waals surface area contributed by atoms with Gasteiger partial charge in [-0.1, -0.05) is 52.1 Å². The standard InChI is InChI=1S/C26H24N4O6S2/c1-14-6-4-5-7-17(14)16(3)35-25(33)28-20-15(2)30-36-18(20)8-9-19-27-21-22(37-19)29-23(38-21)26(24(31)32)10-12-34-13-11-26/h4-7,16H,10-13H2,1-3H3,(H,28,33)(H,31,32). The fourth-order valence-electron chi connectivity index (χ4n) is 4.25. The molecule has 2 N–H and O–H groups in total. The zero-order chi connectivity index (χ0) is 26.9. The summed E-state index contributed by atoms with van der Waals surface area (Å²) in [5.41, 5.74) is 1.67. The molecule has 0 saturated carbocycles.